The van der Waals surface area contributed by atoms with Gasteiger partial charge in [-0.2, -0.15) is 0 Å². The van der Waals surface area contributed by atoms with Crippen molar-refractivity contribution >= 4 is 0 Å². The quantitative estimate of drug-likeness (QED) is 0.749. The molecule has 0 fully saturated rings. The standard InChI is InChI=1S/C11H17NO3/c1-8-6-9(4-5-15-12)11(14-3)7-10(8)13-2/h6-7H,4-5,12H2,1-3H3. The first kappa shape index (κ1) is 11.8. The van der Waals surface area contributed by atoms with Gasteiger partial charge in [-0.05, 0) is 24.1 Å². The Morgan fingerprint density at radius 2 is 1.80 bits per heavy atom. The van der Waals surface area contributed by atoms with E-state index in [0.29, 0.717) is 6.61 Å². The van der Waals surface area contributed by atoms with Crippen molar-refractivity contribution in [1.82, 2.24) is 0 Å². The highest BCUT2D eigenvalue weighted by molar-refractivity contribution is 5.46. The first-order valence-corrected chi connectivity index (χ1v) is 4.76. The molecule has 4 nitrogen and oxygen atoms in total. The van der Waals surface area contributed by atoms with Gasteiger partial charge in [0.25, 0.3) is 0 Å². The van der Waals surface area contributed by atoms with Gasteiger partial charge in [0.15, 0.2) is 0 Å². The fourth-order valence-corrected chi connectivity index (χ4v) is 1.50. The van der Waals surface area contributed by atoms with Crippen molar-refractivity contribution in [3.8, 4) is 11.5 Å². The summed E-state index contributed by atoms with van der Waals surface area (Å²) in [6.07, 6.45) is 0.727. The molecule has 0 saturated carbocycles. The van der Waals surface area contributed by atoms with Crippen LogP contribution in [0.25, 0.3) is 0 Å². The summed E-state index contributed by atoms with van der Waals surface area (Å²) in [7, 11) is 3.28. The summed E-state index contributed by atoms with van der Waals surface area (Å²) in [5, 5.41) is 0. The van der Waals surface area contributed by atoms with E-state index in [9.17, 15) is 0 Å². The largest absolute Gasteiger partial charge is 0.496 e. The zero-order chi connectivity index (χ0) is 11.3. The lowest BCUT2D eigenvalue weighted by atomic mass is 10.1. The SMILES string of the molecule is COc1cc(OC)c(CCON)cc1C. The minimum absolute atomic E-state index is 0.474. The molecule has 0 aliphatic heterocycles. The van der Waals surface area contributed by atoms with Gasteiger partial charge in [-0.25, -0.2) is 5.90 Å². The van der Waals surface area contributed by atoms with E-state index in [4.69, 9.17) is 15.4 Å². The lowest BCUT2D eigenvalue weighted by Crippen LogP contribution is -2.05. The van der Waals surface area contributed by atoms with Crippen molar-refractivity contribution in [2.24, 2.45) is 5.90 Å². The van der Waals surface area contributed by atoms with Crippen LogP contribution in [0, 0.1) is 6.92 Å². The molecule has 84 valence electrons. The Morgan fingerprint density at radius 3 is 2.33 bits per heavy atom. The molecule has 0 atom stereocenters. The first-order valence-electron chi connectivity index (χ1n) is 4.76. The van der Waals surface area contributed by atoms with E-state index in [1.807, 2.05) is 19.1 Å². The molecule has 2 N–H and O–H groups in total. The average Bonchev–Trinajstić information content (AvgIpc) is 2.26. The maximum absolute atomic E-state index is 5.26. The van der Waals surface area contributed by atoms with Crippen molar-refractivity contribution in [2.75, 3.05) is 20.8 Å². The molecular weight excluding hydrogens is 194 g/mol. The number of aryl methyl sites for hydroxylation is 1. The fraction of sp³-hybridized carbons (Fsp3) is 0.455. The van der Waals surface area contributed by atoms with Gasteiger partial charge in [0, 0.05) is 12.5 Å². The minimum atomic E-state index is 0.474. The molecule has 1 aromatic carbocycles. The Hall–Kier alpha value is -1.26. The first-order chi connectivity index (χ1) is 7.22. The van der Waals surface area contributed by atoms with Crippen LogP contribution >= 0.6 is 0 Å². The molecular formula is C11H17NO3. The van der Waals surface area contributed by atoms with E-state index in [-0.39, 0.29) is 0 Å². The van der Waals surface area contributed by atoms with Gasteiger partial charge in [0.1, 0.15) is 11.5 Å². The van der Waals surface area contributed by atoms with Crippen LogP contribution in [0.15, 0.2) is 12.1 Å². The molecule has 0 heterocycles. The summed E-state index contributed by atoms with van der Waals surface area (Å²) in [6.45, 7) is 2.47. The van der Waals surface area contributed by atoms with Gasteiger partial charge in [0.2, 0.25) is 0 Å². The van der Waals surface area contributed by atoms with Crippen LogP contribution in [0.4, 0.5) is 0 Å². The van der Waals surface area contributed by atoms with E-state index in [0.717, 1.165) is 29.0 Å². The number of hydrogen-bond donors (Lipinski definition) is 1. The van der Waals surface area contributed by atoms with Crippen LogP contribution in [0.5, 0.6) is 11.5 Å². The monoisotopic (exact) mass is 211 g/mol. The summed E-state index contributed by atoms with van der Waals surface area (Å²) in [5.41, 5.74) is 2.14. The van der Waals surface area contributed by atoms with Gasteiger partial charge < -0.3 is 14.3 Å². The number of methoxy groups -OCH3 is 2. The van der Waals surface area contributed by atoms with Gasteiger partial charge in [-0.3, -0.25) is 0 Å². The van der Waals surface area contributed by atoms with Crippen LogP contribution in [0.2, 0.25) is 0 Å². The second kappa shape index (κ2) is 5.58. The highest BCUT2D eigenvalue weighted by atomic mass is 16.6. The maximum atomic E-state index is 5.26. The highest BCUT2D eigenvalue weighted by Gasteiger charge is 2.08. The second-order valence-electron chi connectivity index (χ2n) is 3.25. The third kappa shape index (κ3) is 2.84. The van der Waals surface area contributed by atoms with E-state index in [1.54, 1.807) is 14.2 Å². The lowest BCUT2D eigenvalue weighted by molar-refractivity contribution is 0.140. The van der Waals surface area contributed by atoms with Crippen LogP contribution < -0.4 is 15.4 Å². The zero-order valence-corrected chi connectivity index (χ0v) is 9.37. The molecule has 0 amide bonds. The molecule has 0 aromatic heterocycles. The van der Waals surface area contributed by atoms with E-state index in [2.05, 4.69) is 4.84 Å². The van der Waals surface area contributed by atoms with Gasteiger partial charge in [-0.15, -0.1) is 0 Å². The molecule has 1 rings (SSSR count). The molecule has 0 unspecified atom stereocenters. The van der Waals surface area contributed by atoms with Crippen LogP contribution in [0.1, 0.15) is 11.1 Å². The van der Waals surface area contributed by atoms with Crippen LogP contribution in [-0.2, 0) is 11.3 Å². The molecule has 0 radical (unpaired) electrons. The topological polar surface area (TPSA) is 53.7 Å². The molecule has 0 bridgehead atoms. The minimum Gasteiger partial charge on any atom is -0.496 e. The zero-order valence-electron chi connectivity index (χ0n) is 9.37. The van der Waals surface area contributed by atoms with Crippen molar-refractivity contribution in [2.45, 2.75) is 13.3 Å². The summed E-state index contributed by atoms with van der Waals surface area (Å²) in [5.74, 6) is 6.62. The summed E-state index contributed by atoms with van der Waals surface area (Å²) in [4.78, 5) is 4.55. The Labute approximate surface area is 89.9 Å². The third-order valence-corrected chi connectivity index (χ3v) is 2.29. The molecule has 0 saturated heterocycles. The summed E-state index contributed by atoms with van der Waals surface area (Å²) >= 11 is 0. The third-order valence-electron chi connectivity index (χ3n) is 2.29. The molecule has 15 heavy (non-hydrogen) atoms. The Kier molecular flexibility index (Phi) is 4.39. The number of hydrogen-bond acceptors (Lipinski definition) is 4. The average molecular weight is 211 g/mol. The van der Waals surface area contributed by atoms with Gasteiger partial charge in [-0.1, -0.05) is 0 Å². The molecule has 0 aliphatic carbocycles. The molecule has 1 aromatic rings. The lowest BCUT2D eigenvalue weighted by Gasteiger charge is -2.12. The number of rotatable bonds is 5. The number of nitrogens with two attached hydrogens (primary N) is 1. The molecule has 0 aliphatic rings. The summed E-state index contributed by atoms with van der Waals surface area (Å²) < 4.78 is 10.5. The second-order valence-corrected chi connectivity index (χ2v) is 3.25. The van der Waals surface area contributed by atoms with E-state index < -0.39 is 0 Å². The Balaban J connectivity index is 2.98. The van der Waals surface area contributed by atoms with Crippen molar-refractivity contribution in [3.63, 3.8) is 0 Å². The van der Waals surface area contributed by atoms with Crippen molar-refractivity contribution in [1.29, 1.82) is 0 Å². The predicted molar refractivity (Wildman–Crippen MR) is 58.1 cm³/mol. The Morgan fingerprint density at radius 1 is 1.13 bits per heavy atom. The summed E-state index contributed by atoms with van der Waals surface area (Å²) in [6, 6.07) is 3.90. The van der Waals surface area contributed by atoms with Gasteiger partial charge >= 0.3 is 0 Å². The predicted octanol–water partition coefficient (Wildman–Crippen LogP) is 1.45. The van der Waals surface area contributed by atoms with Crippen LogP contribution in [0.3, 0.4) is 0 Å². The number of benzene rings is 1. The number of ether oxygens (including phenoxy) is 2. The Bertz CT molecular complexity index is 326. The van der Waals surface area contributed by atoms with E-state index >= 15 is 0 Å². The smallest absolute Gasteiger partial charge is 0.125 e. The van der Waals surface area contributed by atoms with Crippen LogP contribution in [-0.4, -0.2) is 20.8 Å². The fourth-order valence-electron chi connectivity index (χ4n) is 1.50. The molecule has 4 heteroatoms. The molecule has 0 spiro atoms. The van der Waals surface area contributed by atoms with Gasteiger partial charge in [0.05, 0.1) is 20.8 Å². The normalized spacial score (nSPS) is 10.1. The van der Waals surface area contributed by atoms with Crippen molar-refractivity contribution < 1.29 is 14.3 Å². The van der Waals surface area contributed by atoms with E-state index in [1.165, 1.54) is 0 Å². The highest BCUT2D eigenvalue weighted by Crippen LogP contribution is 2.28. The maximum Gasteiger partial charge on any atom is 0.125 e. The van der Waals surface area contributed by atoms with Crippen molar-refractivity contribution in [3.05, 3.63) is 23.3 Å².